The third-order valence-corrected chi connectivity index (χ3v) is 4.51. The zero-order chi connectivity index (χ0) is 16.7. The van der Waals surface area contributed by atoms with E-state index in [4.69, 9.17) is 4.74 Å². The monoisotopic (exact) mass is 323 g/mol. The van der Waals surface area contributed by atoms with Gasteiger partial charge in [-0.2, -0.15) is 0 Å². The highest BCUT2D eigenvalue weighted by atomic mass is 16.5. The minimum Gasteiger partial charge on any atom is -0.483 e. The van der Waals surface area contributed by atoms with E-state index < -0.39 is 5.60 Å². The average molecular weight is 323 g/mol. The van der Waals surface area contributed by atoms with Crippen LogP contribution < -0.4 is 4.74 Å². The highest BCUT2D eigenvalue weighted by molar-refractivity contribution is 5.89. The number of hydrogen-bond donors (Lipinski definition) is 0. The van der Waals surface area contributed by atoms with Gasteiger partial charge in [-0.1, -0.05) is 0 Å². The number of imidazole rings is 1. The fourth-order valence-corrected chi connectivity index (χ4v) is 3.38. The largest absolute Gasteiger partial charge is 0.483 e. The van der Waals surface area contributed by atoms with Crippen molar-refractivity contribution in [2.24, 2.45) is 0 Å². The van der Waals surface area contributed by atoms with E-state index >= 15 is 0 Å². The minimum atomic E-state index is -0.434. The minimum absolute atomic E-state index is 0.198. The maximum absolute atomic E-state index is 12.5. The first-order valence-electron chi connectivity index (χ1n) is 8.38. The number of carbonyl (C=O) groups is 1. The van der Waals surface area contributed by atoms with Crippen molar-refractivity contribution in [3.63, 3.8) is 0 Å². The van der Waals surface area contributed by atoms with Crippen molar-refractivity contribution >= 4 is 11.6 Å². The quantitative estimate of drug-likeness (QED) is 0.851. The SMILES string of the molecule is CC1(C)C=C(N2CCCCC2=O)c2cc(-n3ccnc3)ccc2O1. The first-order chi connectivity index (χ1) is 11.5. The summed E-state index contributed by atoms with van der Waals surface area (Å²) in [4.78, 5) is 18.5. The molecular formula is C19H21N3O2. The first kappa shape index (κ1) is 15.0. The number of hydrogen-bond acceptors (Lipinski definition) is 3. The van der Waals surface area contributed by atoms with Crippen molar-refractivity contribution in [2.75, 3.05) is 6.54 Å². The molecule has 3 heterocycles. The van der Waals surface area contributed by atoms with Crippen LogP contribution in [0, 0.1) is 0 Å². The molecule has 2 aliphatic heterocycles. The van der Waals surface area contributed by atoms with E-state index in [0.29, 0.717) is 6.42 Å². The van der Waals surface area contributed by atoms with Gasteiger partial charge in [-0.15, -0.1) is 0 Å². The van der Waals surface area contributed by atoms with Gasteiger partial charge in [-0.25, -0.2) is 4.98 Å². The Morgan fingerprint density at radius 1 is 1.25 bits per heavy atom. The standard InChI is InChI=1S/C19H21N3O2/c1-19(2)12-16(22-9-4-3-5-18(22)23)15-11-14(6-7-17(15)24-19)21-10-8-20-13-21/h6-8,10-13H,3-5,9H2,1-2H3. The second kappa shape index (κ2) is 5.51. The molecule has 5 nitrogen and oxygen atoms in total. The number of piperidine rings is 1. The number of nitrogens with zero attached hydrogens (tertiary/aromatic N) is 3. The average Bonchev–Trinajstić information content (AvgIpc) is 3.08. The molecule has 0 saturated carbocycles. The Balaban J connectivity index is 1.82. The zero-order valence-corrected chi connectivity index (χ0v) is 14.0. The number of aromatic nitrogens is 2. The van der Waals surface area contributed by atoms with E-state index in [1.165, 1.54) is 0 Å². The van der Waals surface area contributed by atoms with Crippen molar-refractivity contribution in [3.05, 3.63) is 48.6 Å². The van der Waals surface area contributed by atoms with Crippen molar-refractivity contribution in [2.45, 2.75) is 38.7 Å². The summed E-state index contributed by atoms with van der Waals surface area (Å²) in [6, 6.07) is 6.06. The number of benzene rings is 1. The molecule has 5 heteroatoms. The van der Waals surface area contributed by atoms with Gasteiger partial charge in [-0.3, -0.25) is 4.79 Å². The molecule has 2 aromatic rings. The van der Waals surface area contributed by atoms with Crippen molar-refractivity contribution in [3.8, 4) is 11.4 Å². The Labute approximate surface area is 141 Å². The summed E-state index contributed by atoms with van der Waals surface area (Å²) in [6.07, 6.45) is 10.1. The fourth-order valence-electron chi connectivity index (χ4n) is 3.38. The van der Waals surface area contributed by atoms with Crippen molar-refractivity contribution in [1.82, 2.24) is 14.5 Å². The maximum Gasteiger partial charge on any atom is 0.226 e. The van der Waals surface area contributed by atoms with Crippen molar-refractivity contribution in [1.29, 1.82) is 0 Å². The van der Waals surface area contributed by atoms with Crippen LogP contribution in [0.4, 0.5) is 0 Å². The molecule has 1 saturated heterocycles. The van der Waals surface area contributed by atoms with Gasteiger partial charge in [0.2, 0.25) is 5.91 Å². The lowest BCUT2D eigenvalue weighted by Crippen LogP contribution is -2.38. The lowest BCUT2D eigenvalue weighted by atomic mass is 9.96. The van der Waals surface area contributed by atoms with Crippen LogP contribution in [0.15, 0.2) is 43.0 Å². The molecule has 0 bridgehead atoms. The van der Waals surface area contributed by atoms with E-state index in [9.17, 15) is 4.79 Å². The lowest BCUT2D eigenvalue weighted by Gasteiger charge is -2.37. The second-order valence-corrected chi connectivity index (χ2v) is 6.89. The molecule has 1 aromatic heterocycles. The number of carbonyl (C=O) groups excluding carboxylic acids is 1. The fraction of sp³-hybridized carbons (Fsp3) is 0.368. The van der Waals surface area contributed by atoms with Crippen LogP contribution in [0.5, 0.6) is 5.75 Å². The number of likely N-dealkylation sites (tertiary alicyclic amines) is 1. The molecular weight excluding hydrogens is 302 g/mol. The molecule has 1 aromatic carbocycles. The summed E-state index contributed by atoms with van der Waals surface area (Å²) >= 11 is 0. The highest BCUT2D eigenvalue weighted by Crippen LogP contribution is 2.39. The van der Waals surface area contributed by atoms with E-state index in [2.05, 4.69) is 17.1 Å². The molecule has 0 aliphatic carbocycles. The third kappa shape index (κ3) is 2.60. The summed E-state index contributed by atoms with van der Waals surface area (Å²) in [5.74, 6) is 1.02. The molecule has 1 amide bonds. The summed E-state index contributed by atoms with van der Waals surface area (Å²) in [5.41, 5.74) is 2.50. The predicted molar refractivity (Wildman–Crippen MR) is 91.8 cm³/mol. The molecule has 1 fully saturated rings. The van der Waals surface area contributed by atoms with E-state index in [1.54, 1.807) is 12.5 Å². The zero-order valence-electron chi connectivity index (χ0n) is 14.0. The van der Waals surface area contributed by atoms with Crippen LogP contribution in [-0.4, -0.2) is 32.5 Å². The molecule has 24 heavy (non-hydrogen) atoms. The molecule has 124 valence electrons. The topological polar surface area (TPSA) is 47.4 Å². The number of amides is 1. The molecule has 4 rings (SSSR count). The summed E-state index contributed by atoms with van der Waals surface area (Å²) in [7, 11) is 0. The molecule has 0 radical (unpaired) electrons. The maximum atomic E-state index is 12.5. The van der Waals surface area contributed by atoms with Gasteiger partial charge < -0.3 is 14.2 Å². The van der Waals surface area contributed by atoms with Crippen LogP contribution in [0.25, 0.3) is 11.4 Å². The Hall–Kier alpha value is -2.56. The Kier molecular flexibility index (Phi) is 3.44. The Morgan fingerprint density at radius 2 is 2.12 bits per heavy atom. The summed E-state index contributed by atoms with van der Waals surface area (Å²) in [5, 5.41) is 0. The van der Waals surface area contributed by atoms with Gasteiger partial charge in [0.25, 0.3) is 0 Å². The van der Waals surface area contributed by atoms with E-state index in [0.717, 1.165) is 42.1 Å². The van der Waals surface area contributed by atoms with Gasteiger partial charge in [0, 0.05) is 36.6 Å². The smallest absolute Gasteiger partial charge is 0.226 e. The Bertz CT molecular complexity index is 806. The molecule has 0 spiro atoms. The second-order valence-electron chi connectivity index (χ2n) is 6.89. The van der Waals surface area contributed by atoms with E-state index in [-0.39, 0.29) is 5.91 Å². The molecule has 0 unspecified atom stereocenters. The normalized spacial score (nSPS) is 19.5. The van der Waals surface area contributed by atoms with Gasteiger partial charge >= 0.3 is 0 Å². The van der Waals surface area contributed by atoms with Crippen LogP contribution in [0.2, 0.25) is 0 Å². The summed E-state index contributed by atoms with van der Waals surface area (Å²) in [6.45, 7) is 4.82. The van der Waals surface area contributed by atoms with Gasteiger partial charge in [0.1, 0.15) is 11.4 Å². The number of fused-ring (bicyclic) bond motifs is 1. The Morgan fingerprint density at radius 3 is 2.88 bits per heavy atom. The van der Waals surface area contributed by atoms with Crippen molar-refractivity contribution < 1.29 is 9.53 Å². The highest BCUT2D eigenvalue weighted by Gasteiger charge is 2.32. The molecule has 2 aliphatic rings. The van der Waals surface area contributed by atoms with Crippen LogP contribution in [-0.2, 0) is 4.79 Å². The number of rotatable bonds is 2. The van der Waals surface area contributed by atoms with Crippen LogP contribution >= 0.6 is 0 Å². The van der Waals surface area contributed by atoms with Gasteiger partial charge in [0.05, 0.1) is 12.0 Å². The van der Waals surface area contributed by atoms with Gasteiger partial charge in [0.15, 0.2) is 0 Å². The third-order valence-electron chi connectivity index (χ3n) is 4.51. The molecule has 0 N–H and O–H groups in total. The van der Waals surface area contributed by atoms with Gasteiger partial charge in [-0.05, 0) is 51.0 Å². The van der Waals surface area contributed by atoms with Crippen LogP contribution in [0.3, 0.4) is 0 Å². The summed E-state index contributed by atoms with van der Waals surface area (Å²) < 4.78 is 8.06. The van der Waals surface area contributed by atoms with E-state index in [1.807, 2.05) is 41.6 Å². The molecule has 0 atom stereocenters. The predicted octanol–water partition coefficient (Wildman–Crippen LogP) is 3.40. The number of ether oxygens (including phenoxy) is 1. The lowest BCUT2D eigenvalue weighted by molar-refractivity contribution is -0.129. The first-order valence-corrected chi connectivity index (χ1v) is 8.38. The van der Waals surface area contributed by atoms with Crippen LogP contribution in [0.1, 0.15) is 38.7 Å².